The van der Waals surface area contributed by atoms with E-state index in [9.17, 15) is 16.8 Å². The van der Waals surface area contributed by atoms with Gasteiger partial charge >= 0.3 is 10.5 Å². The molecule has 3 N–H and O–H groups in total. The highest BCUT2D eigenvalue weighted by molar-refractivity contribution is 7.85. The summed E-state index contributed by atoms with van der Waals surface area (Å²) in [4.78, 5) is -0.403. The van der Waals surface area contributed by atoms with Crippen LogP contribution in [0.5, 0.6) is 11.5 Å². The van der Waals surface area contributed by atoms with Crippen LogP contribution in [0.4, 0.5) is 11.4 Å². The van der Waals surface area contributed by atoms with Crippen molar-refractivity contribution >= 4 is 32.0 Å². The Balaban J connectivity index is 0.000000293. The summed E-state index contributed by atoms with van der Waals surface area (Å²) >= 11 is 0. The monoisotopic (exact) mass is 388 g/mol. The van der Waals surface area contributed by atoms with E-state index in [-0.39, 0.29) is 11.4 Å². The van der Waals surface area contributed by atoms with Gasteiger partial charge < -0.3 is 15.2 Å². The van der Waals surface area contributed by atoms with Gasteiger partial charge in [-0.1, -0.05) is 12.1 Å². The lowest BCUT2D eigenvalue weighted by Crippen LogP contribution is -1.98. The molecule has 0 heterocycles. The second kappa shape index (κ2) is 9.01. The van der Waals surface area contributed by atoms with Crippen LogP contribution in [0, 0.1) is 0 Å². The SMILES string of the molecule is COc1cc(S(=O)(=O)O)ccc1N=S(=O)=O.COc1ccccc1N. The minimum atomic E-state index is -4.36. The molecule has 2 aromatic carbocycles. The van der Waals surface area contributed by atoms with Gasteiger partial charge in [-0.15, -0.1) is 4.36 Å². The highest BCUT2D eigenvalue weighted by Gasteiger charge is 2.13. The van der Waals surface area contributed by atoms with Crippen LogP contribution in [0.2, 0.25) is 0 Å². The number of nitrogens with two attached hydrogens (primary N) is 1. The topological polar surface area (TPSA) is 145 Å². The van der Waals surface area contributed by atoms with Crippen LogP contribution < -0.4 is 15.2 Å². The summed E-state index contributed by atoms with van der Waals surface area (Å²) in [5.74, 6) is 0.664. The first-order valence-electron chi connectivity index (χ1n) is 6.54. The van der Waals surface area contributed by atoms with E-state index in [4.69, 9.17) is 19.8 Å². The summed E-state index contributed by atoms with van der Waals surface area (Å²) in [5, 5.41) is 0. The normalized spacial score (nSPS) is 10.2. The van der Waals surface area contributed by atoms with Crippen molar-refractivity contribution in [2.45, 2.75) is 4.90 Å². The Bertz CT molecular complexity index is 962. The summed E-state index contributed by atoms with van der Waals surface area (Å²) < 4.78 is 63.8. The zero-order chi connectivity index (χ0) is 19.0. The smallest absolute Gasteiger partial charge is 0.316 e. The fourth-order valence-electron chi connectivity index (χ4n) is 1.64. The van der Waals surface area contributed by atoms with Gasteiger partial charge in [-0.05, 0) is 24.3 Å². The molecule has 0 aliphatic carbocycles. The van der Waals surface area contributed by atoms with E-state index in [1.807, 2.05) is 18.2 Å². The minimum absolute atomic E-state index is 0.0526. The number of hydrogen-bond donors (Lipinski definition) is 2. The van der Waals surface area contributed by atoms with Crippen LogP contribution >= 0.6 is 0 Å². The van der Waals surface area contributed by atoms with Gasteiger partial charge in [-0.3, -0.25) is 4.55 Å². The molecule has 2 aromatic rings. The molecular formula is C14H16N2O7S2. The molecular weight excluding hydrogens is 372 g/mol. The predicted octanol–water partition coefficient (Wildman–Crippen LogP) is 1.91. The molecule has 0 spiro atoms. The third kappa shape index (κ3) is 6.41. The summed E-state index contributed by atoms with van der Waals surface area (Å²) in [7, 11) is -4.21. The summed E-state index contributed by atoms with van der Waals surface area (Å²) in [6.45, 7) is 0. The number of rotatable bonds is 4. The molecule has 0 atom stereocenters. The summed E-state index contributed by atoms with van der Waals surface area (Å²) in [6, 6.07) is 10.5. The van der Waals surface area contributed by atoms with Gasteiger partial charge in [0.05, 0.1) is 24.8 Å². The van der Waals surface area contributed by atoms with E-state index < -0.39 is 25.5 Å². The van der Waals surface area contributed by atoms with Crippen molar-refractivity contribution in [3.05, 3.63) is 42.5 Å². The van der Waals surface area contributed by atoms with E-state index >= 15 is 0 Å². The number of anilines is 1. The van der Waals surface area contributed by atoms with E-state index in [0.717, 1.165) is 23.9 Å². The maximum atomic E-state index is 10.8. The molecule has 0 aliphatic heterocycles. The molecule has 0 fully saturated rings. The zero-order valence-electron chi connectivity index (χ0n) is 13.3. The Hall–Kier alpha value is -2.63. The molecule has 25 heavy (non-hydrogen) atoms. The Morgan fingerprint density at radius 1 is 1.04 bits per heavy atom. The zero-order valence-corrected chi connectivity index (χ0v) is 14.9. The van der Waals surface area contributed by atoms with Crippen LogP contribution in [0.15, 0.2) is 51.7 Å². The number of nitrogens with zero attached hydrogens (tertiary/aromatic N) is 1. The lowest BCUT2D eigenvalue weighted by Gasteiger charge is -2.04. The van der Waals surface area contributed by atoms with E-state index in [1.54, 1.807) is 13.2 Å². The molecule has 11 heteroatoms. The maximum absolute atomic E-state index is 10.8. The average Bonchev–Trinajstić information content (AvgIpc) is 2.54. The van der Waals surface area contributed by atoms with Gasteiger partial charge in [0.15, 0.2) is 0 Å². The molecule has 2 rings (SSSR count). The maximum Gasteiger partial charge on any atom is 0.316 e. The quantitative estimate of drug-likeness (QED) is 0.597. The van der Waals surface area contributed by atoms with Crippen molar-refractivity contribution in [2.24, 2.45) is 4.36 Å². The number of ether oxygens (including phenoxy) is 2. The number of para-hydroxylation sites is 2. The second-order valence-electron chi connectivity index (χ2n) is 4.36. The van der Waals surface area contributed by atoms with Crippen molar-refractivity contribution in [1.82, 2.24) is 0 Å². The van der Waals surface area contributed by atoms with Crippen molar-refractivity contribution in [3.63, 3.8) is 0 Å². The number of benzene rings is 2. The third-order valence-electron chi connectivity index (χ3n) is 2.76. The first-order chi connectivity index (χ1) is 11.7. The second-order valence-corrected chi connectivity index (χ2v) is 6.40. The van der Waals surface area contributed by atoms with Crippen LogP contribution in [-0.2, 0) is 20.6 Å². The third-order valence-corrected chi connectivity index (χ3v) is 3.96. The molecule has 136 valence electrons. The molecule has 0 radical (unpaired) electrons. The fourth-order valence-corrected chi connectivity index (χ4v) is 2.45. The van der Waals surface area contributed by atoms with E-state index in [2.05, 4.69) is 4.36 Å². The van der Waals surface area contributed by atoms with Crippen LogP contribution in [0.3, 0.4) is 0 Å². The Morgan fingerprint density at radius 2 is 1.64 bits per heavy atom. The Kier molecular flexibility index (Phi) is 7.36. The number of nitrogen functional groups attached to an aromatic ring is 1. The Labute approximate surface area is 146 Å². The molecule has 0 saturated heterocycles. The van der Waals surface area contributed by atoms with E-state index in [0.29, 0.717) is 5.69 Å². The van der Waals surface area contributed by atoms with Gasteiger partial charge in [0.25, 0.3) is 10.1 Å². The van der Waals surface area contributed by atoms with Crippen molar-refractivity contribution in [1.29, 1.82) is 0 Å². The van der Waals surface area contributed by atoms with Crippen LogP contribution in [0.1, 0.15) is 0 Å². The minimum Gasteiger partial charge on any atom is -0.495 e. The first kappa shape index (κ1) is 20.4. The highest BCUT2D eigenvalue weighted by Crippen LogP contribution is 2.29. The first-order valence-corrected chi connectivity index (χ1v) is 9.01. The molecule has 0 aliphatic rings. The van der Waals surface area contributed by atoms with Gasteiger partial charge in [-0.2, -0.15) is 16.8 Å². The molecule has 9 nitrogen and oxygen atoms in total. The number of hydrogen-bond acceptors (Lipinski definition) is 8. The summed E-state index contributed by atoms with van der Waals surface area (Å²) in [6.07, 6.45) is 0. The van der Waals surface area contributed by atoms with Gasteiger partial charge in [0.2, 0.25) is 0 Å². The van der Waals surface area contributed by atoms with Gasteiger partial charge in [0.1, 0.15) is 17.2 Å². The van der Waals surface area contributed by atoms with Crippen LogP contribution in [-0.4, -0.2) is 35.6 Å². The van der Waals surface area contributed by atoms with E-state index in [1.165, 1.54) is 7.11 Å². The van der Waals surface area contributed by atoms with Crippen molar-refractivity contribution in [2.75, 3.05) is 20.0 Å². The average molecular weight is 388 g/mol. The molecule has 0 bridgehead atoms. The largest absolute Gasteiger partial charge is 0.495 e. The molecule has 0 unspecified atom stereocenters. The standard InChI is InChI=1S/C7H7NO6S2.C7H9NO/c1-14-7-4-5(16(11,12)13)2-3-6(7)8-15(9)10;1-9-7-5-3-2-4-6(7)8/h2-4H,1H3,(H,11,12,13);2-5H,8H2,1H3. The molecule has 0 aromatic heterocycles. The molecule has 0 amide bonds. The Morgan fingerprint density at radius 3 is 2.08 bits per heavy atom. The van der Waals surface area contributed by atoms with Crippen molar-refractivity contribution < 1.29 is 30.9 Å². The number of methoxy groups -OCH3 is 2. The lowest BCUT2D eigenvalue weighted by molar-refractivity contribution is 0.414. The highest BCUT2D eigenvalue weighted by atomic mass is 32.2. The molecule has 0 saturated carbocycles. The van der Waals surface area contributed by atoms with Crippen LogP contribution in [0.25, 0.3) is 0 Å². The van der Waals surface area contributed by atoms with Gasteiger partial charge in [-0.25, -0.2) is 0 Å². The predicted molar refractivity (Wildman–Crippen MR) is 91.2 cm³/mol. The lowest BCUT2D eigenvalue weighted by atomic mass is 10.3. The summed E-state index contributed by atoms with van der Waals surface area (Å²) in [5.41, 5.74) is 6.13. The van der Waals surface area contributed by atoms with Gasteiger partial charge in [0, 0.05) is 6.07 Å². The fraction of sp³-hybridized carbons (Fsp3) is 0.143. The van der Waals surface area contributed by atoms with Crippen molar-refractivity contribution in [3.8, 4) is 11.5 Å².